The third-order valence-corrected chi connectivity index (χ3v) is 3.47. The Labute approximate surface area is 140 Å². The first-order valence-corrected chi connectivity index (χ1v) is 8.56. The van der Waals surface area contributed by atoms with E-state index >= 15 is 0 Å². The van der Waals surface area contributed by atoms with Gasteiger partial charge in [0.2, 0.25) is 0 Å². The molecule has 0 radical (unpaired) electrons. The maximum Gasteiger partial charge on any atom is 0.408 e. The SMILES string of the molecule is C#CCOC(=O)NC(C(=O)OCCCCCCCCC)C(C)C. The highest BCUT2D eigenvalue weighted by molar-refractivity contribution is 5.81. The molecule has 132 valence electrons. The number of unbranched alkanes of at least 4 members (excludes halogenated alkanes) is 6. The molecule has 0 aliphatic carbocycles. The van der Waals surface area contributed by atoms with Gasteiger partial charge in [-0.3, -0.25) is 0 Å². The van der Waals surface area contributed by atoms with Crippen LogP contribution < -0.4 is 5.32 Å². The Morgan fingerprint density at radius 2 is 1.65 bits per heavy atom. The normalized spacial score (nSPS) is 11.6. The summed E-state index contributed by atoms with van der Waals surface area (Å²) in [6.07, 6.45) is 12.4. The zero-order valence-corrected chi connectivity index (χ0v) is 14.7. The van der Waals surface area contributed by atoms with E-state index in [0.717, 1.165) is 12.8 Å². The van der Waals surface area contributed by atoms with Crippen molar-refractivity contribution in [3.05, 3.63) is 0 Å². The zero-order chi connectivity index (χ0) is 17.5. The van der Waals surface area contributed by atoms with Crippen LogP contribution in [0.2, 0.25) is 0 Å². The second kappa shape index (κ2) is 13.9. The van der Waals surface area contributed by atoms with Crippen molar-refractivity contribution < 1.29 is 19.1 Å². The summed E-state index contributed by atoms with van der Waals surface area (Å²) in [6.45, 7) is 6.13. The fourth-order valence-corrected chi connectivity index (χ4v) is 2.10. The molecule has 0 saturated heterocycles. The smallest absolute Gasteiger partial charge is 0.408 e. The largest absolute Gasteiger partial charge is 0.464 e. The van der Waals surface area contributed by atoms with Gasteiger partial charge in [0.1, 0.15) is 6.04 Å². The van der Waals surface area contributed by atoms with Crippen LogP contribution in [0.3, 0.4) is 0 Å². The van der Waals surface area contributed by atoms with Crippen LogP contribution in [-0.2, 0) is 14.3 Å². The van der Waals surface area contributed by atoms with E-state index in [1.165, 1.54) is 32.1 Å². The maximum absolute atomic E-state index is 12.0. The van der Waals surface area contributed by atoms with Gasteiger partial charge in [-0.2, -0.15) is 0 Å². The van der Waals surface area contributed by atoms with Gasteiger partial charge in [0.25, 0.3) is 0 Å². The minimum Gasteiger partial charge on any atom is -0.464 e. The molecule has 5 nitrogen and oxygen atoms in total. The van der Waals surface area contributed by atoms with Crippen molar-refractivity contribution in [2.45, 2.75) is 71.8 Å². The van der Waals surface area contributed by atoms with E-state index in [1.54, 1.807) is 0 Å². The van der Waals surface area contributed by atoms with Gasteiger partial charge in [0.05, 0.1) is 6.61 Å². The third-order valence-electron chi connectivity index (χ3n) is 3.47. The lowest BCUT2D eigenvalue weighted by molar-refractivity contribution is -0.147. The first-order valence-electron chi connectivity index (χ1n) is 8.56. The summed E-state index contributed by atoms with van der Waals surface area (Å²) in [5.41, 5.74) is 0. The van der Waals surface area contributed by atoms with Gasteiger partial charge >= 0.3 is 12.1 Å². The number of terminal acetylenes is 1. The van der Waals surface area contributed by atoms with Gasteiger partial charge in [-0.15, -0.1) is 6.42 Å². The van der Waals surface area contributed by atoms with E-state index in [4.69, 9.17) is 15.9 Å². The minimum absolute atomic E-state index is 0.0880. The number of hydrogen-bond acceptors (Lipinski definition) is 4. The lowest BCUT2D eigenvalue weighted by Gasteiger charge is -2.20. The van der Waals surface area contributed by atoms with E-state index < -0.39 is 18.1 Å². The molecule has 5 heteroatoms. The van der Waals surface area contributed by atoms with Crippen LogP contribution in [0.4, 0.5) is 4.79 Å². The lowest BCUT2D eigenvalue weighted by atomic mass is 10.1. The number of carbonyl (C=O) groups is 2. The Bertz CT molecular complexity index is 374. The molecule has 0 aromatic heterocycles. The molecular weight excluding hydrogens is 294 g/mol. The molecule has 0 aromatic rings. The van der Waals surface area contributed by atoms with Crippen molar-refractivity contribution >= 4 is 12.1 Å². The second-order valence-corrected chi connectivity index (χ2v) is 5.94. The molecule has 0 aliphatic rings. The van der Waals surface area contributed by atoms with E-state index in [1.807, 2.05) is 13.8 Å². The van der Waals surface area contributed by atoms with Crippen LogP contribution in [-0.4, -0.2) is 31.3 Å². The number of rotatable bonds is 12. The fraction of sp³-hybridized carbons (Fsp3) is 0.778. The zero-order valence-electron chi connectivity index (χ0n) is 14.7. The summed E-state index contributed by atoms with van der Waals surface area (Å²) in [6, 6.07) is -0.718. The average molecular weight is 325 g/mol. The molecule has 0 spiro atoms. The quantitative estimate of drug-likeness (QED) is 0.338. The van der Waals surface area contributed by atoms with E-state index in [9.17, 15) is 9.59 Å². The molecule has 1 amide bonds. The fourth-order valence-electron chi connectivity index (χ4n) is 2.10. The van der Waals surface area contributed by atoms with Gasteiger partial charge in [-0.25, -0.2) is 9.59 Å². The molecule has 1 N–H and O–H groups in total. The molecule has 0 heterocycles. The van der Waals surface area contributed by atoms with Crippen LogP contribution in [0.25, 0.3) is 0 Å². The highest BCUT2D eigenvalue weighted by atomic mass is 16.6. The van der Waals surface area contributed by atoms with Gasteiger partial charge in [-0.05, 0) is 12.3 Å². The summed E-state index contributed by atoms with van der Waals surface area (Å²) in [7, 11) is 0. The molecule has 0 rings (SSSR count). The Balaban J connectivity index is 3.94. The minimum atomic E-state index is -0.718. The Kier molecular flexibility index (Phi) is 12.9. The predicted molar refractivity (Wildman–Crippen MR) is 90.9 cm³/mol. The second-order valence-electron chi connectivity index (χ2n) is 5.94. The lowest BCUT2D eigenvalue weighted by Crippen LogP contribution is -2.45. The van der Waals surface area contributed by atoms with Crippen molar-refractivity contribution in [2.24, 2.45) is 5.92 Å². The molecule has 0 aromatic carbocycles. The van der Waals surface area contributed by atoms with Crippen LogP contribution in [0, 0.1) is 18.3 Å². The van der Waals surface area contributed by atoms with Gasteiger partial charge in [0, 0.05) is 0 Å². The molecule has 1 atom stereocenters. The van der Waals surface area contributed by atoms with E-state index in [-0.39, 0.29) is 12.5 Å². The van der Waals surface area contributed by atoms with Gasteiger partial charge < -0.3 is 14.8 Å². The summed E-state index contributed by atoms with van der Waals surface area (Å²) in [4.78, 5) is 23.5. The van der Waals surface area contributed by atoms with Gasteiger partial charge in [0.15, 0.2) is 6.61 Å². The maximum atomic E-state index is 12.0. The monoisotopic (exact) mass is 325 g/mol. The van der Waals surface area contributed by atoms with Crippen molar-refractivity contribution in [3.8, 4) is 12.3 Å². The summed E-state index contributed by atoms with van der Waals surface area (Å²) < 4.78 is 9.97. The predicted octanol–water partition coefficient (Wildman–Crippen LogP) is 3.66. The third kappa shape index (κ3) is 11.5. The standard InChI is InChI=1S/C18H31NO4/c1-5-7-8-9-10-11-12-14-22-17(20)16(15(3)4)19-18(21)23-13-6-2/h2,15-16H,5,7-14H2,1,3-4H3,(H,19,21). The number of ether oxygens (including phenoxy) is 2. The number of esters is 1. The first kappa shape index (κ1) is 21.3. The van der Waals surface area contributed by atoms with Crippen molar-refractivity contribution in [1.29, 1.82) is 0 Å². The highest BCUT2D eigenvalue weighted by Gasteiger charge is 2.26. The van der Waals surface area contributed by atoms with Crippen molar-refractivity contribution in [1.82, 2.24) is 5.32 Å². The summed E-state index contributed by atoms with van der Waals surface area (Å²) >= 11 is 0. The molecule has 0 aliphatic heterocycles. The Morgan fingerprint density at radius 1 is 1.04 bits per heavy atom. The topological polar surface area (TPSA) is 64.6 Å². The number of nitrogens with one attached hydrogen (secondary N) is 1. The van der Waals surface area contributed by atoms with Gasteiger partial charge in [-0.1, -0.05) is 65.2 Å². The Morgan fingerprint density at radius 3 is 2.22 bits per heavy atom. The Hall–Kier alpha value is -1.70. The molecule has 0 bridgehead atoms. The number of amides is 1. The molecular formula is C18H31NO4. The van der Waals surface area contributed by atoms with Crippen molar-refractivity contribution in [2.75, 3.05) is 13.2 Å². The average Bonchev–Trinajstić information content (AvgIpc) is 2.52. The molecule has 0 fully saturated rings. The van der Waals surface area contributed by atoms with Crippen LogP contribution in [0.5, 0.6) is 0 Å². The summed E-state index contributed by atoms with van der Waals surface area (Å²) in [5.74, 6) is 1.68. The summed E-state index contributed by atoms with van der Waals surface area (Å²) in [5, 5.41) is 2.50. The highest BCUT2D eigenvalue weighted by Crippen LogP contribution is 2.08. The van der Waals surface area contributed by atoms with E-state index in [0.29, 0.717) is 6.61 Å². The number of alkyl carbamates (subject to hydrolysis) is 1. The first-order chi connectivity index (χ1) is 11.0. The van der Waals surface area contributed by atoms with E-state index in [2.05, 4.69) is 18.2 Å². The van der Waals surface area contributed by atoms with Crippen molar-refractivity contribution in [3.63, 3.8) is 0 Å². The molecule has 0 saturated carbocycles. The molecule has 1 unspecified atom stereocenters. The van der Waals surface area contributed by atoms with Crippen LogP contribution in [0.1, 0.15) is 65.7 Å². The number of carbonyl (C=O) groups excluding carboxylic acids is 2. The van der Waals surface area contributed by atoms with Crippen LogP contribution in [0.15, 0.2) is 0 Å². The number of hydrogen-bond donors (Lipinski definition) is 1. The van der Waals surface area contributed by atoms with Crippen LogP contribution >= 0.6 is 0 Å². The molecule has 23 heavy (non-hydrogen) atoms.